The van der Waals surface area contributed by atoms with Gasteiger partial charge in [0.25, 0.3) is 0 Å². The van der Waals surface area contributed by atoms with E-state index in [4.69, 9.17) is 5.73 Å². The lowest BCUT2D eigenvalue weighted by molar-refractivity contribution is 0.542. The molecule has 2 N–H and O–H groups in total. The molecule has 0 atom stereocenters. The highest BCUT2D eigenvalue weighted by atomic mass is 32.2. The van der Waals surface area contributed by atoms with Crippen LogP contribution in [0.3, 0.4) is 0 Å². The lowest BCUT2D eigenvalue weighted by Crippen LogP contribution is -2.15. The molecule has 5 heteroatoms. The third kappa shape index (κ3) is 3.48. The van der Waals surface area contributed by atoms with Gasteiger partial charge in [0.2, 0.25) is 5.95 Å². The molecule has 4 rings (SSSR count). The Hall–Kier alpha value is -3.05. The summed E-state index contributed by atoms with van der Waals surface area (Å²) in [5, 5.41) is 5.29. The number of anilines is 1. The molecule has 128 valence electrons. The van der Waals surface area contributed by atoms with Crippen LogP contribution in [0.4, 0.5) is 5.95 Å². The predicted molar refractivity (Wildman–Crippen MR) is 105 cm³/mol. The van der Waals surface area contributed by atoms with Gasteiger partial charge in [0.15, 0.2) is 5.16 Å². The fourth-order valence-corrected chi connectivity index (χ4v) is 3.78. The normalized spacial score (nSPS) is 11.0. The maximum Gasteiger partial charge on any atom is 0.240 e. The van der Waals surface area contributed by atoms with Crippen LogP contribution in [-0.2, 0) is 0 Å². The molecule has 0 saturated carbocycles. The molecule has 0 bridgehead atoms. The SMILES string of the molecule is Nc1nc(Sc2ccccc2)n(C(c2ccccc2)c2ccccc2)n1. The molecule has 0 aliphatic rings. The second-order valence-corrected chi connectivity index (χ2v) is 6.88. The van der Waals surface area contributed by atoms with Crippen molar-refractivity contribution < 1.29 is 0 Å². The Kier molecular flexibility index (Phi) is 4.71. The number of hydrogen-bond donors (Lipinski definition) is 1. The number of nitrogens with zero attached hydrogens (tertiary/aromatic N) is 3. The Morgan fingerprint density at radius 2 is 1.23 bits per heavy atom. The summed E-state index contributed by atoms with van der Waals surface area (Å²) < 4.78 is 1.91. The van der Waals surface area contributed by atoms with E-state index in [9.17, 15) is 0 Å². The minimum absolute atomic E-state index is 0.0894. The van der Waals surface area contributed by atoms with Crippen LogP contribution in [0.1, 0.15) is 17.2 Å². The minimum atomic E-state index is -0.0894. The first kappa shape index (κ1) is 16.4. The van der Waals surface area contributed by atoms with Crippen LogP contribution in [0.5, 0.6) is 0 Å². The Balaban J connectivity index is 1.82. The smallest absolute Gasteiger partial charge is 0.240 e. The van der Waals surface area contributed by atoms with Crippen LogP contribution in [-0.4, -0.2) is 14.8 Å². The van der Waals surface area contributed by atoms with Crippen LogP contribution < -0.4 is 5.73 Å². The third-order valence-corrected chi connectivity index (χ3v) is 5.01. The average molecular weight is 358 g/mol. The highest BCUT2D eigenvalue weighted by molar-refractivity contribution is 7.99. The van der Waals surface area contributed by atoms with Gasteiger partial charge in [-0.2, -0.15) is 4.98 Å². The molecule has 1 heterocycles. The van der Waals surface area contributed by atoms with Gasteiger partial charge >= 0.3 is 0 Å². The van der Waals surface area contributed by atoms with E-state index >= 15 is 0 Å². The third-order valence-electron chi connectivity index (χ3n) is 4.04. The van der Waals surface area contributed by atoms with Gasteiger partial charge in [-0.05, 0) is 23.3 Å². The first-order valence-electron chi connectivity index (χ1n) is 8.36. The Labute approximate surface area is 156 Å². The predicted octanol–water partition coefficient (Wildman–Crippen LogP) is 4.65. The molecule has 0 fully saturated rings. The molecule has 26 heavy (non-hydrogen) atoms. The first-order chi connectivity index (χ1) is 12.8. The van der Waals surface area contributed by atoms with Gasteiger partial charge in [0.05, 0.1) is 0 Å². The summed E-state index contributed by atoms with van der Waals surface area (Å²) in [5.41, 5.74) is 8.25. The molecule has 4 aromatic rings. The zero-order valence-electron chi connectivity index (χ0n) is 14.1. The van der Waals surface area contributed by atoms with E-state index in [1.807, 2.05) is 59.3 Å². The van der Waals surface area contributed by atoms with Crippen molar-refractivity contribution in [2.45, 2.75) is 16.1 Å². The average Bonchev–Trinajstić information content (AvgIpc) is 3.04. The Morgan fingerprint density at radius 1 is 0.731 bits per heavy atom. The molecule has 1 aromatic heterocycles. The van der Waals surface area contributed by atoms with E-state index in [0.717, 1.165) is 21.2 Å². The zero-order chi connectivity index (χ0) is 17.8. The molecule has 0 saturated heterocycles. The molecule has 0 aliphatic carbocycles. The highest BCUT2D eigenvalue weighted by Crippen LogP contribution is 2.33. The lowest BCUT2D eigenvalue weighted by atomic mass is 9.99. The quantitative estimate of drug-likeness (QED) is 0.564. The van der Waals surface area contributed by atoms with Gasteiger partial charge in [-0.3, -0.25) is 0 Å². The van der Waals surface area contributed by atoms with Crippen molar-refractivity contribution >= 4 is 17.7 Å². The van der Waals surface area contributed by atoms with Crippen molar-refractivity contribution in [3.63, 3.8) is 0 Å². The first-order valence-corrected chi connectivity index (χ1v) is 9.18. The number of nitrogens with two attached hydrogens (primary N) is 1. The number of benzene rings is 3. The van der Waals surface area contributed by atoms with Crippen molar-refractivity contribution in [2.75, 3.05) is 5.73 Å². The van der Waals surface area contributed by atoms with Crippen molar-refractivity contribution in [3.8, 4) is 0 Å². The summed E-state index contributed by atoms with van der Waals surface area (Å²) in [6.45, 7) is 0. The van der Waals surface area contributed by atoms with Gasteiger partial charge < -0.3 is 5.73 Å². The summed E-state index contributed by atoms with van der Waals surface area (Å²) in [7, 11) is 0. The van der Waals surface area contributed by atoms with Crippen LogP contribution in [0.25, 0.3) is 0 Å². The summed E-state index contributed by atoms with van der Waals surface area (Å²) in [5.74, 6) is 0.278. The molecule has 0 radical (unpaired) electrons. The molecule has 0 aliphatic heterocycles. The van der Waals surface area contributed by atoms with E-state index in [0.29, 0.717) is 0 Å². The zero-order valence-corrected chi connectivity index (χ0v) is 14.9. The highest BCUT2D eigenvalue weighted by Gasteiger charge is 2.22. The van der Waals surface area contributed by atoms with Crippen LogP contribution in [0.15, 0.2) is 101 Å². The minimum Gasteiger partial charge on any atom is -0.366 e. The van der Waals surface area contributed by atoms with Gasteiger partial charge in [0.1, 0.15) is 6.04 Å². The molecular weight excluding hydrogens is 340 g/mol. The molecule has 0 amide bonds. The lowest BCUT2D eigenvalue weighted by Gasteiger charge is -2.20. The molecule has 0 spiro atoms. The standard InChI is InChI=1S/C21H18N4S/c22-20-23-21(26-18-14-8-3-9-15-18)25(24-20)19(16-10-4-1-5-11-16)17-12-6-2-7-13-17/h1-15,19H,(H2,22,24). The number of hydrogen-bond acceptors (Lipinski definition) is 4. The van der Waals surface area contributed by atoms with Crippen LogP contribution in [0.2, 0.25) is 0 Å². The van der Waals surface area contributed by atoms with Crippen LogP contribution >= 0.6 is 11.8 Å². The summed E-state index contributed by atoms with van der Waals surface area (Å²) in [6, 6.07) is 30.6. The Bertz CT molecular complexity index is 929. The van der Waals surface area contributed by atoms with Gasteiger partial charge in [0, 0.05) is 4.90 Å². The monoisotopic (exact) mass is 358 g/mol. The van der Waals surface area contributed by atoms with Crippen molar-refractivity contribution in [3.05, 3.63) is 102 Å². The fraction of sp³-hybridized carbons (Fsp3) is 0.0476. The van der Waals surface area contributed by atoms with Gasteiger partial charge in [-0.1, -0.05) is 90.6 Å². The van der Waals surface area contributed by atoms with E-state index < -0.39 is 0 Å². The van der Waals surface area contributed by atoms with Gasteiger partial charge in [-0.15, -0.1) is 5.10 Å². The molecule has 3 aromatic carbocycles. The molecule has 0 unspecified atom stereocenters. The van der Waals surface area contributed by atoms with E-state index in [1.165, 1.54) is 0 Å². The maximum absolute atomic E-state index is 5.97. The summed E-state index contributed by atoms with van der Waals surface area (Å²) in [6.07, 6.45) is 0. The van der Waals surface area contributed by atoms with Crippen LogP contribution in [0, 0.1) is 0 Å². The molecule has 4 nitrogen and oxygen atoms in total. The van der Waals surface area contributed by atoms with E-state index in [-0.39, 0.29) is 12.0 Å². The van der Waals surface area contributed by atoms with E-state index in [2.05, 4.69) is 46.5 Å². The molecular formula is C21H18N4S. The van der Waals surface area contributed by atoms with E-state index in [1.54, 1.807) is 11.8 Å². The number of nitrogen functional groups attached to an aromatic ring is 1. The second kappa shape index (κ2) is 7.45. The summed E-state index contributed by atoms with van der Waals surface area (Å²) >= 11 is 1.56. The maximum atomic E-state index is 5.97. The topological polar surface area (TPSA) is 56.7 Å². The number of aromatic nitrogens is 3. The summed E-state index contributed by atoms with van der Waals surface area (Å²) in [4.78, 5) is 5.57. The van der Waals surface area contributed by atoms with Crippen molar-refractivity contribution in [1.29, 1.82) is 0 Å². The largest absolute Gasteiger partial charge is 0.366 e. The second-order valence-electron chi connectivity index (χ2n) is 5.84. The Morgan fingerprint density at radius 3 is 1.77 bits per heavy atom. The van der Waals surface area contributed by atoms with Crippen molar-refractivity contribution in [1.82, 2.24) is 14.8 Å². The fourth-order valence-electron chi connectivity index (χ4n) is 2.90. The van der Waals surface area contributed by atoms with Crippen molar-refractivity contribution in [2.24, 2.45) is 0 Å². The number of rotatable bonds is 5. The van der Waals surface area contributed by atoms with Gasteiger partial charge in [-0.25, -0.2) is 4.68 Å².